The van der Waals surface area contributed by atoms with E-state index < -0.39 is 12.0 Å². The summed E-state index contributed by atoms with van der Waals surface area (Å²) in [5.74, 6) is -0.988. The van der Waals surface area contributed by atoms with Gasteiger partial charge >= 0.3 is 5.97 Å². The van der Waals surface area contributed by atoms with E-state index in [4.69, 9.17) is 5.11 Å². The molecule has 1 rings (SSSR count). The van der Waals surface area contributed by atoms with Gasteiger partial charge in [-0.05, 0) is 36.5 Å². The number of carboxylic acid groups (broad SMARTS) is 1. The molecule has 2 N–H and O–H groups in total. The molecule has 5 heteroatoms. The molecular weight excluding hydrogens is 244 g/mol. The molecule has 1 aromatic rings. The van der Waals surface area contributed by atoms with Gasteiger partial charge in [0.25, 0.3) is 0 Å². The fourth-order valence-corrected chi connectivity index (χ4v) is 1.77. The number of aryl methyl sites for hydroxylation is 1. The number of pyridine rings is 1. The maximum atomic E-state index is 11.7. The second kappa shape index (κ2) is 7.51. The van der Waals surface area contributed by atoms with E-state index >= 15 is 0 Å². The number of aliphatic carboxylic acids is 1. The largest absolute Gasteiger partial charge is 0.480 e. The number of hydrogen-bond acceptors (Lipinski definition) is 3. The normalized spacial score (nSPS) is 12.2. The van der Waals surface area contributed by atoms with Gasteiger partial charge in [-0.2, -0.15) is 0 Å². The van der Waals surface area contributed by atoms with Gasteiger partial charge in [-0.25, -0.2) is 4.79 Å². The molecule has 0 aromatic carbocycles. The molecule has 0 aliphatic carbocycles. The molecule has 0 unspecified atom stereocenters. The van der Waals surface area contributed by atoms with Crippen LogP contribution >= 0.6 is 0 Å². The van der Waals surface area contributed by atoms with E-state index in [0.717, 1.165) is 5.56 Å². The van der Waals surface area contributed by atoms with Crippen molar-refractivity contribution in [3.8, 4) is 0 Å². The molecule has 0 aliphatic heterocycles. The van der Waals surface area contributed by atoms with Crippen LogP contribution in [0, 0.1) is 5.92 Å². The average Bonchev–Trinajstić information content (AvgIpc) is 2.36. The predicted molar refractivity (Wildman–Crippen MR) is 71.6 cm³/mol. The maximum absolute atomic E-state index is 11.7. The molecule has 1 heterocycles. The first kappa shape index (κ1) is 15.1. The lowest BCUT2D eigenvalue weighted by Crippen LogP contribution is -2.41. The Labute approximate surface area is 113 Å². The molecule has 104 valence electrons. The molecule has 1 amide bonds. The molecule has 0 aliphatic rings. The number of nitrogens with zero attached hydrogens (tertiary/aromatic N) is 1. The molecule has 1 atom stereocenters. The van der Waals surface area contributed by atoms with E-state index in [1.54, 1.807) is 12.4 Å². The molecule has 19 heavy (non-hydrogen) atoms. The van der Waals surface area contributed by atoms with Gasteiger partial charge < -0.3 is 10.4 Å². The number of nitrogens with one attached hydrogen (secondary N) is 1. The monoisotopic (exact) mass is 264 g/mol. The third-order valence-corrected chi connectivity index (χ3v) is 2.73. The zero-order chi connectivity index (χ0) is 14.3. The van der Waals surface area contributed by atoms with Crippen LogP contribution in [-0.2, 0) is 16.0 Å². The van der Waals surface area contributed by atoms with Gasteiger partial charge in [0.1, 0.15) is 6.04 Å². The molecule has 0 saturated carbocycles. The highest BCUT2D eigenvalue weighted by Crippen LogP contribution is 2.06. The van der Waals surface area contributed by atoms with Crippen LogP contribution in [0.4, 0.5) is 0 Å². The third kappa shape index (κ3) is 5.99. The maximum Gasteiger partial charge on any atom is 0.326 e. The van der Waals surface area contributed by atoms with Crippen molar-refractivity contribution in [2.45, 2.75) is 39.2 Å². The summed E-state index contributed by atoms with van der Waals surface area (Å²) in [5, 5.41) is 11.6. The van der Waals surface area contributed by atoms with E-state index in [1.165, 1.54) is 0 Å². The Morgan fingerprint density at radius 2 is 1.95 bits per heavy atom. The minimum atomic E-state index is -0.981. The minimum Gasteiger partial charge on any atom is -0.480 e. The Kier molecular flexibility index (Phi) is 5.99. The zero-order valence-corrected chi connectivity index (χ0v) is 11.3. The van der Waals surface area contributed by atoms with E-state index in [0.29, 0.717) is 12.8 Å². The Bertz CT molecular complexity index is 418. The number of carbonyl (C=O) groups is 2. The molecule has 1 aromatic heterocycles. The van der Waals surface area contributed by atoms with Crippen molar-refractivity contribution >= 4 is 11.9 Å². The summed E-state index contributed by atoms with van der Waals surface area (Å²) in [6, 6.07) is 2.89. The smallest absolute Gasteiger partial charge is 0.326 e. The quantitative estimate of drug-likeness (QED) is 0.784. The van der Waals surface area contributed by atoms with Gasteiger partial charge in [0.15, 0.2) is 0 Å². The van der Waals surface area contributed by atoms with Gasteiger partial charge in [0.05, 0.1) is 0 Å². The van der Waals surface area contributed by atoms with Crippen molar-refractivity contribution in [2.24, 2.45) is 5.92 Å². The van der Waals surface area contributed by atoms with E-state index in [2.05, 4.69) is 10.3 Å². The first-order valence-electron chi connectivity index (χ1n) is 6.40. The lowest BCUT2D eigenvalue weighted by molar-refractivity contribution is -0.142. The summed E-state index contributed by atoms with van der Waals surface area (Å²) < 4.78 is 0. The molecular formula is C14H20N2O3. The summed E-state index contributed by atoms with van der Waals surface area (Å²) in [5.41, 5.74) is 1.01. The highest BCUT2D eigenvalue weighted by Gasteiger charge is 2.20. The predicted octanol–water partition coefficient (Wildman–Crippen LogP) is 1.63. The summed E-state index contributed by atoms with van der Waals surface area (Å²) in [7, 11) is 0. The summed E-state index contributed by atoms with van der Waals surface area (Å²) in [4.78, 5) is 26.6. The van der Waals surface area contributed by atoms with Crippen LogP contribution in [0.5, 0.6) is 0 Å². The first-order chi connectivity index (χ1) is 8.99. The number of aromatic nitrogens is 1. The third-order valence-electron chi connectivity index (χ3n) is 2.73. The molecule has 0 radical (unpaired) electrons. The van der Waals surface area contributed by atoms with E-state index in [-0.39, 0.29) is 18.2 Å². The lowest BCUT2D eigenvalue weighted by Gasteiger charge is -2.16. The van der Waals surface area contributed by atoms with Crippen LogP contribution in [0.25, 0.3) is 0 Å². The van der Waals surface area contributed by atoms with Crippen LogP contribution in [-0.4, -0.2) is 28.0 Å². The van der Waals surface area contributed by atoms with Gasteiger partial charge in [-0.1, -0.05) is 13.8 Å². The Hall–Kier alpha value is -1.91. The topological polar surface area (TPSA) is 79.3 Å². The Morgan fingerprint density at radius 3 is 2.47 bits per heavy atom. The Morgan fingerprint density at radius 1 is 1.32 bits per heavy atom. The minimum absolute atomic E-state index is 0.224. The second-order valence-corrected chi connectivity index (χ2v) is 4.94. The fraction of sp³-hybridized carbons (Fsp3) is 0.500. The van der Waals surface area contributed by atoms with Crippen LogP contribution in [0.15, 0.2) is 24.5 Å². The van der Waals surface area contributed by atoms with Gasteiger partial charge in [-0.15, -0.1) is 0 Å². The second-order valence-electron chi connectivity index (χ2n) is 4.94. The van der Waals surface area contributed by atoms with Crippen molar-refractivity contribution < 1.29 is 14.7 Å². The van der Waals surface area contributed by atoms with E-state index in [1.807, 2.05) is 26.0 Å². The lowest BCUT2D eigenvalue weighted by atomic mass is 10.0. The standard InChI is InChI=1S/C14H20N2O3/c1-10(2)9-12(14(18)19)16-13(17)4-3-11-5-7-15-8-6-11/h5-8,10,12H,3-4,9H2,1-2H3,(H,16,17)(H,18,19)/t12-/m1/s1. The highest BCUT2D eigenvalue weighted by atomic mass is 16.4. The van der Waals surface area contributed by atoms with Crippen LogP contribution in [0.3, 0.4) is 0 Å². The molecule has 0 spiro atoms. The summed E-state index contributed by atoms with van der Waals surface area (Å²) in [6.07, 6.45) is 4.66. The van der Waals surface area contributed by atoms with Crippen LogP contribution < -0.4 is 5.32 Å². The molecule has 0 bridgehead atoms. The molecule has 5 nitrogen and oxygen atoms in total. The number of hydrogen-bond donors (Lipinski definition) is 2. The Balaban J connectivity index is 2.42. The average molecular weight is 264 g/mol. The van der Waals surface area contributed by atoms with Gasteiger partial charge in [0, 0.05) is 18.8 Å². The molecule has 0 saturated heterocycles. The van der Waals surface area contributed by atoms with Crippen LogP contribution in [0.2, 0.25) is 0 Å². The van der Waals surface area contributed by atoms with Crippen molar-refractivity contribution in [1.29, 1.82) is 0 Å². The van der Waals surface area contributed by atoms with Crippen molar-refractivity contribution in [3.05, 3.63) is 30.1 Å². The van der Waals surface area contributed by atoms with E-state index in [9.17, 15) is 9.59 Å². The number of carboxylic acids is 1. The zero-order valence-electron chi connectivity index (χ0n) is 11.3. The van der Waals surface area contributed by atoms with Crippen molar-refractivity contribution in [2.75, 3.05) is 0 Å². The molecule has 0 fully saturated rings. The van der Waals surface area contributed by atoms with Crippen molar-refractivity contribution in [1.82, 2.24) is 10.3 Å². The first-order valence-corrected chi connectivity index (χ1v) is 6.40. The summed E-state index contributed by atoms with van der Waals surface area (Å²) in [6.45, 7) is 3.86. The highest BCUT2D eigenvalue weighted by molar-refractivity contribution is 5.83. The number of carbonyl (C=O) groups excluding carboxylic acids is 1. The van der Waals surface area contributed by atoms with Crippen molar-refractivity contribution in [3.63, 3.8) is 0 Å². The number of amides is 1. The number of rotatable bonds is 7. The van der Waals surface area contributed by atoms with Gasteiger partial charge in [0.2, 0.25) is 5.91 Å². The van der Waals surface area contributed by atoms with Gasteiger partial charge in [-0.3, -0.25) is 9.78 Å². The van der Waals surface area contributed by atoms with Crippen LogP contribution in [0.1, 0.15) is 32.3 Å². The summed E-state index contributed by atoms with van der Waals surface area (Å²) >= 11 is 0. The fourth-order valence-electron chi connectivity index (χ4n) is 1.77. The SMILES string of the molecule is CC(C)C[C@@H](NC(=O)CCc1ccncc1)C(=O)O.